The molecule has 0 unspecified atom stereocenters. The third kappa shape index (κ3) is 5.44. The van der Waals surface area contributed by atoms with Gasteiger partial charge in [0.1, 0.15) is 0 Å². The van der Waals surface area contributed by atoms with Crippen molar-refractivity contribution >= 4 is 45.7 Å². The van der Waals surface area contributed by atoms with E-state index in [1.54, 1.807) is 24.3 Å². The zero-order chi connectivity index (χ0) is 18.4. The predicted octanol–water partition coefficient (Wildman–Crippen LogP) is 4.39. The van der Waals surface area contributed by atoms with Gasteiger partial charge in [-0.25, -0.2) is 9.78 Å². The molecule has 1 aliphatic rings. The van der Waals surface area contributed by atoms with Crippen molar-refractivity contribution in [2.45, 2.75) is 32.1 Å². The molecule has 3 amide bonds. The Hall–Kier alpha value is -2.12. The van der Waals surface area contributed by atoms with Crippen LogP contribution in [0.3, 0.4) is 0 Å². The highest BCUT2D eigenvalue weighted by molar-refractivity contribution is 7.14. The van der Waals surface area contributed by atoms with E-state index in [1.165, 1.54) is 24.2 Å². The molecule has 26 heavy (non-hydrogen) atoms. The SMILES string of the molecule is O=C(Nc1ccc(Cl)cc1)Nc1nc(CC(=O)N2CCCCCC2)cs1. The first-order chi connectivity index (χ1) is 12.6. The molecular formula is C18H21ClN4O2S. The van der Waals surface area contributed by atoms with E-state index in [0.29, 0.717) is 21.5 Å². The monoisotopic (exact) mass is 392 g/mol. The van der Waals surface area contributed by atoms with Gasteiger partial charge in [-0.2, -0.15) is 0 Å². The first-order valence-electron chi connectivity index (χ1n) is 8.66. The number of carbonyl (C=O) groups is 2. The maximum absolute atomic E-state index is 12.4. The molecule has 1 aliphatic heterocycles. The van der Waals surface area contributed by atoms with Crippen LogP contribution in [0.15, 0.2) is 29.6 Å². The van der Waals surface area contributed by atoms with E-state index in [9.17, 15) is 9.59 Å². The van der Waals surface area contributed by atoms with Gasteiger partial charge in [-0.15, -0.1) is 11.3 Å². The van der Waals surface area contributed by atoms with Crippen LogP contribution in [0, 0.1) is 0 Å². The molecule has 0 aliphatic carbocycles. The van der Waals surface area contributed by atoms with E-state index in [0.717, 1.165) is 25.9 Å². The van der Waals surface area contributed by atoms with Gasteiger partial charge in [0.25, 0.3) is 0 Å². The van der Waals surface area contributed by atoms with Gasteiger partial charge in [-0.05, 0) is 37.1 Å². The number of hydrogen-bond donors (Lipinski definition) is 2. The van der Waals surface area contributed by atoms with E-state index in [4.69, 9.17) is 11.6 Å². The molecule has 0 radical (unpaired) electrons. The smallest absolute Gasteiger partial charge is 0.325 e. The van der Waals surface area contributed by atoms with Crippen molar-refractivity contribution in [1.29, 1.82) is 0 Å². The molecular weight excluding hydrogens is 372 g/mol. The van der Waals surface area contributed by atoms with Crippen molar-refractivity contribution in [3.8, 4) is 0 Å². The van der Waals surface area contributed by atoms with Crippen molar-refractivity contribution in [3.63, 3.8) is 0 Å². The maximum Gasteiger partial charge on any atom is 0.325 e. The molecule has 2 aromatic rings. The lowest BCUT2D eigenvalue weighted by Gasteiger charge is -2.19. The first kappa shape index (κ1) is 18.7. The summed E-state index contributed by atoms with van der Waals surface area (Å²) in [5.41, 5.74) is 1.33. The summed E-state index contributed by atoms with van der Waals surface area (Å²) in [5, 5.41) is 8.28. The predicted molar refractivity (Wildman–Crippen MR) is 105 cm³/mol. The summed E-state index contributed by atoms with van der Waals surface area (Å²) in [7, 11) is 0. The van der Waals surface area contributed by atoms with Crippen LogP contribution in [0.2, 0.25) is 5.02 Å². The molecule has 8 heteroatoms. The molecule has 1 aromatic carbocycles. The highest BCUT2D eigenvalue weighted by atomic mass is 35.5. The second-order valence-corrected chi connectivity index (χ2v) is 7.50. The highest BCUT2D eigenvalue weighted by Crippen LogP contribution is 2.19. The lowest BCUT2D eigenvalue weighted by molar-refractivity contribution is -0.130. The molecule has 1 fully saturated rings. The van der Waals surface area contributed by atoms with Crippen LogP contribution < -0.4 is 10.6 Å². The molecule has 0 saturated carbocycles. The number of hydrogen-bond acceptors (Lipinski definition) is 4. The molecule has 6 nitrogen and oxygen atoms in total. The minimum Gasteiger partial charge on any atom is -0.342 e. The van der Waals surface area contributed by atoms with Crippen LogP contribution in [0.4, 0.5) is 15.6 Å². The minimum absolute atomic E-state index is 0.106. The molecule has 0 atom stereocenters. The van der Waals surface area contributed by atoms with E-state index < -0.39 is 0 Å². The third-order valence-corrected chi connectivity index (χ3v) is 5.22. The van der Waals surface area contributed by atoms with Crippen LogP contribution >= 0.6 is 22.9 Å². The summed E-state index contributed by atoms with van der Waals surface area (Å²) in [5.74, 6) is 0.106. The fraction of sp³-hybridized carbons (Fsp3) is 0.389. The van der Waals surface area contributed by atoms with E-state index >= 15 is 0 Å². The molecule has 138 valence electrons. The van der Waals surface area contributed by atoms with Crippen molar-refractivity contribution in [2.24, 2.45) is 0 Å². The van der Waals surface area contributed by atoms with Crippen LogP contribution in [0.25, 0.3) is 0 Å². The topological polar surface area (TPSA) is 74.3 Å². The standard InChI is InChI=1S/C18H21ClN4O2S/c19-13-5-7-14(8-6-13)20-17(25)22-18-21-15(12-26-18)11-16(24)23-9-3-1-2-4-10-23/h5-8,12H,1-4,9-11H2,(H2,20,21,22,25). The van der Waals surface area contributed by atoms with Crippen LogP contribution in [0.1, 0.15) is 31.4 Å². The van der Waals surface area contributed by atoms with Crippen molar-refractivity contribution < 1.29 is 9.59 Å². The van der Waals surface area contributed by atoms with Gasteiger partial charge in [0.2, 0.25) is 5.91 Å². The first-order valence-corrected chi connectivity index (χ1v) is 9.92. The van der Waals surface area contributed by atoms with Gasteiger partial charge < -0.3 is 10.2 Å². The Morgan fingerprint density at radius 3 is 2.46 bits per heavy atom. The molecule has 2 heterocycles. The Balaban J connectivity index is 1.51. The van der Waals surface area contributed by atoms with Crippen molar-refractivity contribution in [3.05, 3.63) is 40.4 Å². The number of aromatic nitrogens is 1. The number of urea groups is 1. The largest absolute Gasteiger partial charge is 0.342 e. The van der Waals surface area contributed by atoms with Crippen LogP contribution in [0.5, 0.6) is 0 Å². The number of nitrogens with one attached hydrogen (secondary N) is 2. The van der Waals surface area contributed by atoms with Crippen LogP contribution in [-0.2, 0) is 11.2 Å². The fourth-order valence-electron chi connectivity index (χ4n) is 2.83. The Bertz CT molecular complexity index is 755. The maximum atomic E-state index is 12.4. The quantitative estimate of drug-likeness (QED) is 0.810. The summed E-state index contributed by atoms with van der Waals surface area (Å²) < 4.78 is 0. The van der Waals surface area contributed by atoms with Crippen molar-refractivity contribution in [1.82, 2.24) is 9.88 Å². The summed E-state index contributed by atoms with van der Waals surface area (Å²) >= 11 is 7.13. The number of thiazole rings is 1. The normalized spacial score (nSPS) is 14.6. The third-order valence-electron chi connectivity index (χ3n) is 4.17. The molecule has 2 N–H and O–H groups in total. The number of rotatable bonds is 4. The van der Waals surface area contributed by atoms with Gasteiger partial charge in [-0.1, -0.05) is 24.4 Å². The number of nitrogens with zero attached hydrogens (tertiary/aromatic N) is 2. The second-order valence-electron chi connectivity index (χ2n) is 6.20. The lowest BCUT2D eigenvalue weighted by atomic mass is 10.2. The van der Waals surface area contributed by atoms with Crippen LogP contribution in [-0.4, -0.2) is 34.9 Å². The average Bonchev–Trinajstić information content (AvgIpc) is 2.88. The number of amides is 3. The molecule has 0 bridgehead atoms. The number of anilines is 2. The Kier molecular flexibility index (Phi) is 6.46. The Morgan fingerprint density at radius 2 is 1.77 bits per heavy atom. The number of likely N-dealkylation sites (tertiary alicyclic amines) is 1. The van der Waals surface area contributed by atoms with E-state index in [2.05, 4.69) is 15.6 Å². The molecule has 0 spiro atoms. The Morgan fingerprint density at radius 1 is 1.08 bits per heavy atom. The lowest BCUT2D eigenvalue weighted by Crippen LogP contribution is -2.33. The number of carbonyl (C=O) groups excluding carboxylic acids is 2. The van der Waals surface area contributed by atoms with Gasteiger partial charge in [-0.3, -0.25) is 10.1 Å². The highest BCUT2D eigenvalue weighted by Gasteiger charge is 2.17. The average molecular weight is 393 g/mol. The van der Waals surface area contributed by atoms with Gasteiger partial charge in [0.05, 0.1) is 12.1 Å². The van der Waals surface area contributed by atoms with Gasteiger partial charge in [0, 0.05) is 29.2 Å². The summed E-state index contributed by atoms with van der Waals surface area (Å²) in [4.78, 5) is 30.7. The molecule has 1 saturated heterocycles. The zero-order valence-corrected chi connectivity index (χ0v) is 15.9. The van der Waals surface area contributed by atoms with Gasteiger partial charge >= 0.3 is 6.03 Å². The molecule has 3 rings (SSSR count). The second kappa shape index (κ2) is 9.00. The zero-order valence-electron chi connectivity index (χ0n) is 14.3. The number of halogens is 1. The van der Waals surface area contributed by atoms with E-state index in [1.807, 2.05) is 10.3 Å². The van der Waals surface area contributed by atoms with Gasteiger partial charge in [0.15, 0.2) is 5.13 Å². The summed E-state index contributed by atoms with van der Waals surface area (Å²) in [6.45, 7) is 1.66. The number of benzene rings is 1. The van der Waals surface area contributed by atoms with Crippen molar-refractivity contribution in [2.75, 3.05) is 23.7 Å². The Labute approximate surface area is 161 Å². The summed E-state index contributed by atoms with van der Waals surface area (Å²) in [6.07, 6.45) is 4.80. The molecule has 1 aromatic heterocycles. The minimum atomic E-state index is -0.382. The summed E-state index contributed by atoms with van der Waals surface area (Å²) in [6, 6.07) is 6.46. The van der Waals surface area contributed by atoms with E-state index in [-0.39, 0.29) is 18.4 Å². The fourth-order valence-corrected chi connectivity index (χ4v) is 3.66.